The third-order valence-corrected chi connectivity index (χ3v) is 3.66. The first-order valence-electron chi connectivity index (χ1n) is 7.16. The first-order chi connectivity index (χ1) is 9.61. The molecule has 0 aromatic heterocycles. The lowest BCUT2D eigenvalue weighted by atomic mass is 9.99. The molecule has 0 amide bonds. The van der Waals surface area contributed by atoms with Crippen molar-refractivity contribution in [1.82, 2.24) is 0 Å². The topological polar surface area (TPSA) is 29.5 Å². The second-order valence-electron chi connectivity index (χ2n) is 5.19. The lowest BCUT2D eigenvalue weighted by Crippen LogP contribution is -1.96. The van der Waals surface area contributed by atoms with Gasteiger partial charge in [0.15, 0.2) is 0 Å². The van der Waals surface area contributed by atoms with Gasteiger partial charge in [0, 0.05) is 5.56 Å². The van der Waals surface area contributed by atoms with Crippen molar-refractivity contribution < 1.29 is 9.84 Å². The van der Waals surface area contributed by atoms with E-state index in [1.54, 1.807) is 6.92 Å². The molecule has 2 heteroatoms. The zero-order valence-electron chi connectivity index (χ0n) is 12.3. The standard InChI is InChI=1S/C18H22O2/c1-4-13(2)15-9-11-16(12-10-15)20-18-8-6-5-7-17(18)14(3)19/h5-14,19H,4H2,1-3H3. The van der Waals surface area contributed by atoms with Crippen LogP contribution >= 0.6 is 0 Å². The van der Waals surface area contributed by atoms with Gasteiger partial charge in [-0.3, -0.25) is 0 Å². The highest BCUT2D eigenvalue weighted by molar-refractivity contribution is 5.39. The van der Waals surface area contributed by atoms with E-state index in [1.807, 2.05) is 36.4 Å². The van der Waals surface area contributed by atoms with E-state index >= 15 is 0 Å². The van der Waals surface area contributed by atoms with Crippen LogP contribution in [0.1, 0.15) is 50.3 Å². The fraction of sp³-hybridized carbons (Fsp3) is 0.333. The van der Waals surface area contributed by atoms with Crippen LogP contribution in [0.2, 0.25) is 0 Å². The third kappa shape index (κ3) is 3.40. The van der Waals surface area contributed by atoms with Gasteiger partial charge in [-0.05, 0) is 43.0 Å². The van der Waals surface area contributed by atoms with Crippen LogP contribution in [0.25, 0.3) is 0 Å². The van der Waals surface area contributed by atoms with Crippen LogP contribution in [-0.4, -0.2) is 5.11 Å². The van der Waals surface area contributed by atoms with E-state index in [2.05, 4.69) is 26.0 Å². The molecule has 1 N–H and O–H groups in total. The molecule has 0 aliphatic carbocycles. The predicted octanol–water partition coefficient (Wildman–Crippen LogP) is 5.05. The number of para-hydroxylation sites is 1. The first kappa shape index (κ1) is 14.6. The number of hydrogen-bond donors (Lipinski definition) is 1. The molecule has 0 aliphatic rings. The van der Waals surface area contributed by atoms with Crippen LogP contribution in [0.3, 0.4) is 0 Å². The minimum Gasteiger partial charge on any atom is -0.457 e. The Labute approximate surface area is 121 Å². The van der Waals surface area contributed by atoms with Gasteiger partial charge in [-0.15, -0.1) is 0 Å². The van der Waals surface area contributed by atoms with Crippen LogP contribution in [0, 0.1) is 0 Å². The van der Waals surface area contributed by atoms with Crippen molar-refractivity contribution in [1.29, 1.82) is 0 Å². The summed E-state index contributed by atoms with van der Waals surface area (Å²) in [6.45, 7) is 6.15. The van der Waals surface area contributed by atoms with Crippen molar-refractivity contribution in [3.8, 4) is 11.5 Å². The SMILES string of the molecule is CCC(C)c1ccc(Oc2ccccc2C(C)O)cc1. The van der Waals surface area contributed by atoms with Crippen LogP contribution in [0.5, 0.6) is 11.5 Å². The molecule has 2 aromatic carbocycles. The summed E-state index contributed by atoms with van der Waals surface area (Å²) < 4.78 is 5.88. The van der Waals surface area contributed by atoms with E-state index in [-0.39, 0.29) is 0 Å². The number of rotatable bonds is 5. The van der Waals surface area contributed by atoms with Crippen molar-refractivity contribution >= 4 is 0 Å². The molecule has 106 valence electrons. The van der Waals surface area contributed by atoms with Crippen molar-refractivity contribution in [3.05, 3.63) is 59.7 Å². The monoisotopic (exact) mass is 270 g/mol. The summed E-state index contributed by atoms with van der Waals surface area (Å²) in [6, 6.07) is 15.8. The molecule has 0 bridgehead atoms. The molecule has 2 rings (SSSR count). The van der Waals surface area contributed by atoms with E-state index in [4.69, 9.17) is 4.74 Å². The Hall–Kier alpha value is -1.80. The van der Waals surface area contributed by atoms with Crippen molar-refractivity contribution in [2.24, 2.45) is 0 Å². The molecule has 2 unspecified atom stereocenters. The summed E-state index contributed by atoms with van der Waals surface area (Å²) in [5, 5.41) is 9.75. The Morgan fingerprint density at radius 1 is 1.00 bits per heavy atom. The minimum atomic E-state index is -0.536. The van der Waals surface area contributed by atoms with E-state index in [1.165, 1.54) is 5.56 Å². The summed E-state index contributed by atoms with van der Waals surface area (Å²) >= 11 is 0. The molecule has 0 saturated carbocycles. The minimum absolute atomic E-state index is 0.536. The highest BCUT2D eigenvalue weighted by atomic mass is 16.5. The third-order valence-electron chi connectivity index (χ3n) is 3.66. The summed E-state index contributed by atoms with van der Waals surface area (Å²) in [6.07, 6.45) is 0.594. The summed E-state index contributed by atoms with van der Waals surface area (Å²) in [4.78, 5) is 0. The van der Waals surface area contributed by atoms with Gasteiger partial charge in [0.25, 0.3) is 0 Å². The summed E-state index contributed by atoms with van der Waals surface area (Å²) in [7, 11) is 0. The molecule has 0 radical (unpaired) electrons. The predicted molar refractivity (Wildman–Crippen MR) is 82.3 cm³/mol. The molecule has 20 heavy (non-hydrogen) atoms. The highest BCUT2D eigenvalue weighted by Gasteiger charge is 2.09. The maximum atomic E-state index is 9.75. The van der Waals surface area contributed by atoms with Crippen LogP contribution in [0.4, 0.5) is 0 Å². The van der Waals surface area contributed by atoms with E-state index in [0.29, 0.717) is 11.7 Å². The summed E-state index contributed by atoms with van der Waals surface area (Å²) in [5.74, 6) is 2.07. The number of aliphatic hydroxyl groups is 1. The van der Waals surface area contributed by atoms with E-state index in [9.17, 15) is 5.11 Å². The molecular formula is C18H22O2. The first-order valence-corrected chi connectivity index (χ1v) is 7.16. The second kappa shape index (κ2) is 6.58. The Morgan fingerprint density at radius 2 is 1.65 bits per heavy atom. The quantitative estimate of drug-likeness (QED) is 0.824. The summed E-state index contributed by atoms with van der Waals surface area (Å²) in [5.41, 5.74) is 2.13. The van der Waals surface area contributed by atoms with Gasteiger partial charge in [-0.25, -0.2) is 0 Å². The van der Waals surface area contributed by atoms with Crippen molar-refractivity contribution in [3.63, 3.8) is 0 Å². The molecule has 0 spiro atoms. The van der Waals surface area contributed by atoms with Gasteiger partial charge in [0.05, 0.1) is 6.10 Å². The maximum absolute atomic E-state index is 9.75. The van der Waals surface area contributed by atoms with Gasteiger partial charge >= 0.3 is 0 Å². The molecule has 2 aromatic rings. The number of aliphatic hydroxyl groups excluding tert-OH is 1. The smallest absolute Gasteiger partial charge is 0.133 e. The lowest BCUT2D eigenvalue weighted by Gasteiger charge is -2.14. The fourth-order valence-electron chi connectivity index (χ4n) is 2.15. The van der Waals surface area contributed by atoms with Gasteiger partial charge < -0.3 is 9.84 Å². The van der Waals surface area contributed by atoms with Crippen LogP contribution in [0.15, 0.2) is 48.5 Å². The average Bonchev–Trinajstić information content (AvgIpc) is 2.47. The van der Waals surface area contributed by atoms with Gasteiger partial charge in [-0.2, -0.15) is 0 Å². The second-order valence-corrected chi connectivity index (χ2v) is 5.19. The number of ether oxygens (including phenoxy) is 1. The lowest BCUT2D eigenvalue weighted by molar-refractivity contribution is 0.195. The van der Waals surface area contributed by atoms with Crippen molar-refractivity contribution in [2.75, 3.05) is 0 Å². The van der Waals surface area contributed by atoms with Crippen molar-refractivity contribution in [2.45, 2.75) is 39.2 Å². The Balaban J connectivity index is 2.18. The Morgan fingerprint density at radius 3 is 2.25 bits per heavy atom. The fourth-order valence-corrected chi connectivity index (χ4v) is 2.15. The highest BCUT2D eigenvalue weighted by Crippen LogP contribution is 2.30. The molecule has 0 fully saturated rings. The largest absolute Gasteiger partial charge is 0.457 e. The van der Waals surface area contributed by atoms with Gasteiger partial charge in [0.1, 0.15) is 11.5 Å². The zero-order chi connectivity index (χ0) is 14.5. The zero-order valence-corrected chi connectivity index (χ0v) is 12.3. The van der Waals surface area contributed by atoms with Gasteiger partial charge in [-0.1, -0.05) is 44.2 Å². The average molecular weight is 270 g/mol. The maximum Gasteiger partial charge on any atom is 0.133 e. The molecule has 0 aliphatic heterocycles. The molecule has 0 saturated heterocycles. The Kier molecular flexibility index (Phi) is 4.80. The van der Waals surface area contributed by atoms with Crippen LogP contribution < -0.4 is 4.74 Å². The normalized spacial score (nSPS) is 13.8. The van der Waals surface area contributed by atoms with E-state index < -0.39 is 6.10 Å². The molecule has 2 nitrogen and oxygen atoms in total. The number of hydrogen-bond acceptors (Lipinski definition) is 2. The van der Waals surface area contributed by atoms with Gasteiger partial charge in [0.2, 0.25) is 0 Å². The number of benzene rings is 2. The molecule has 2 atom stereocenters. The molecule has 0 heterocycles. The van der Waals surface area contributed by atoms with Crippen LogP contribution in [-0.2, 0) is 0 Å². The van der Waals surface area contributed by atoms with E-state index in [0.717, 1.165) is 17.7 Å². The Bertz CT molecular complexity index is 544. The molecular weight excluding hydrogens is 248 g/mol.